The second-order valence-electron chi connectivity index (χ2n) is 5.36. The van der Waals surface area contributed by atoms with E-state index < -0.39 is 0 Å². The molecule has 0 aromatic carbocycles. The fourth-order valence-electron chi connectivity index (χ4n) is 2.87. The minimum Gasteiger partial charge on any atom is -0.325 e. The van der Waals surface area contributed by atoms with Crippen LogP contribution in [0.5, 0.6) is 0 Å². The number of allylic oxidation sites excluding steroid dienone is 1. The molecule has 0 bridgehead atoms. The Balaban J connectivity index is 1.79. The average Bonchev–Trinajstić information content (AvgIpc) is 2.89. The van der Waals surface area contributed by atoms with Crippen LogP contribution in [0.4, 0.5) is 4.79 Å². The molecule has 3 heteroatoms. The van der Waals surface area contributed by atoms with Crippen molar-refractivity contribution in [1.82, 2.24) is 10.2 Å². The van der Waals surface area contributed by atoms with Crippen LogP contribution in [0.1, 0.15) is 57.8 Å². The van der Waals surface area contributed by atoms with E-state index in [4.69, 9.17) is 0 Å². The third-order valence-corrected chi connectivity index (χ3v) is 4.09. The maximum atomic E-state index is 12.0. The Kier molecular flexibility index (Phi) is 4.46. The lowest BCUT2D eigenvalue weighted by atomic mass is 9.95. The number of hydrogen-bond donors (Lipinski definition) is 1. The third kappa shape index (κ3) is 3.48. The molecule has 0 atom stereocenters. The van der Waals surface area contributed by atoms with Crippen molar-refractivity contribution < 1.29 is 4.79 Å². The van der Waals surface area contributed by atoms with Crippen LogP contribution in [0.3, 0.4) is 0 Å². The molecule has 0 unspecified atom stereocenters. The van der Waals surface area contributed by atoms with Gasteiger partial charge in [0.25, 0.3) is 0 Å². The molecule has 3 nitrogen and oxygen atoms in total. The van der Waals surface area contributed by atoms with Crippen LogP contribution in [-0.2, 0) is 0 Å². The zero-order valence-electron chi connectivity index (χ0n) is 10.9. The van der Waals surface area contributed by atoms with Crippen LogP contribution >= 0.6 is 0 Å². The Hall–Kier alpha value is -0.990. The maximum absolute atomic E-state index is 12.0. The molecule has 2 rings (SSSR count). The van der Waals surface area contributed by atoms with Gasteiger partial charge in [-0.25, -0.2) is 4.79 Å². The van der Waals surface area contributed by atoms with Crippen LogP contribution in [0.15, 0.2) is 11.8 Å². The van der Waals surface area contributed by atoms with E-state index in [1.165, 1.54) is 50.5 Å². The van der Waals surface area contributed by atoms with Crippen LogP contribution in [0, 0.1) is 0 Å². The van der Waals surface area contributed by atoms with Crippen molar-refractivity contribution in [3.05, 3.63) is 11.8 Å². The van der Waals surface area contributed by atoms with Gasteiger partial charge in [0.05, 0.1) is 0 Å². The molecule has 2 aliphatic carbocycles. The topological polar surface area (TPSA) is 32.3 Å². The fraction of sp³-hybridized carbons (Fsp3) is 0.786. The third-order valence-electron chi connectivity index (χ3n) is 4.09. The molecule has 2 amide bonds. The van der Waals surface area contributed by atoms with Gasteiger partial charge in [-0.2, -0.15) is 0 Å². The molecule has 0 saturated heterocycles. The molecule has 0 aliphatic heterocycles. The van der Waals surface area contributed by atoms with E-state index in [9.17, 15) is 4.79 Å². The highest BCUT2D eigenvalue weighted by molar-refractivity contribution is 5.75. The van der Waals surface area contributed by atoms with Crippen LogP contribution in [0.2, 0.25) is 0 Å². The number of carbonyl (C=O) groups excluding carboxylic acids is 1. The zero-order valence-corrected chi connectivity index (χ0v) is 10.9. The molecular weight excluding hydrogens is 212 g/mol. The molecule has 96 valence electrons. The molecule has 2 aliphatic rings. The van der Waals surface area contributed by atoms with E-state index in [0.717, 1.165) is 12.8 Å². The largest absolute Gasteiger partial charge is 0.325 e. The van der Waals surface area contributed by atoms with E-state index in [1.54, 1.807) is 0 Å². The van der Waals surface area contributed by atoms with Crippen molar-refractivity contribution in [3.8, 4) is 0 Å². The van der Waals surface area contributed by atoms with Crippen molar-refractivity contribution >= 4 is 6.03 Å². The predicted octanol–water partition coefficient (Wildman–Crippen LogP) is 3.42. The predicted molar refractivity (Wildman–Crippen MR) is 69.7 cm³/mol. The van der Waals surface area contributed by atoms with E-state index in [-0.39, 0.29) is 6.03 Å². The van der Waals surface area contributed by atoms with Crippen LogP contribution in [0.25, 0.3) is 0 Å². The number of amides is 2. The number of carbonyl (C=O) groups is 1. The first-order chi connectivity index (χ1) is 8.27. The quantitative estimate of drug-likeness (QED) is 0.783. The molecule has 2 fully saturated rings. The van der Waals surface area contributed by atoms with Crippen LogP contribution < -0.4 is 5.32 Å². The van der Waals surface area contributed by atoms with Gasteiger partial charge in [-0.15, -0.1) is 0 Å². The number of urea groups is 1. The highest BCUT2D eigenvalue weighted by Gasteiger charge is 2.21. The van der Waals surface area contributed by atoms with Gasteiger partial charge in [0.2, 0.25) is 0 Å². The van der Waals surface area contributed by atoms with Gasteiger partial charge in [0.1, 0.15) is 0 Å². The highest BCUT2D eigenvalue weighted by atomic mass is 16.2. The summed E-state index contributed by atoms with van der Waals surface area (Å²) in [6, 6.07) is 0.516. The van der Waals surface area contributed by atoms with E-state index in [1.807, 2.05) is 18.1 Å². The molecule has 1 N–H and O–H groups in total. The summed E-state index contributed by atoms with van der Waals surface area (Å²) >= 11 is 0. The molecule has 0 aromatic heterocycles. The maximum Gasteiger partial charge on any atom is 0.321 e. The number of hydrogen-bond acceptors (Lipinski definition) is 1. The standard InChI is InChI=1S/C14H24N2O/c1-16(13-9-3-2-4-10-13)14(17)15-11-12-7-5-6-8-12/h11,13H,2-10H2,1H3,(H,15,17). The fourth-order valence-corrected chi connectivity index (χ4v) is 2.87. The summed E-state index contributed by atoms with van der Waals surface area (Å²) in [5, 5.41) is 2.95. The summed E-state index contributed by atoms with van der Waals surface area (Å²) < 4.78 is 0. The second kappa shape index (κ2) is 6.08. The first kappa shape index (κ1) is 12.5. The molecular formula is C14H24N2O. The Morgan fingerprint density at radius 1 is 1.18 bits per heavy atom. The lowest BCUT2D eigenvalue weighted by Gasteiger charge is -2.30. The number of rotatable bonds is 2. The lowest BCUT2D eigenvalue weighted by Crippen LogP contribution is -2.42. The summed E-state index contributed by atoms with van der Waals surface area (Å²) in [7, 11) is 1.93. The van der Waals surface area contributed by atoms with Crippen molar-refractivity contribution in [2.45, 2.75) is 63.8 Å². The zero-order chi connectivity index (χ0) is 12.1. The molecule has 0 heterocycles. The SMILES string of the molecule is CN(C(=O)NC=C1CCCC1)C1CCCCC1. The summed E-state index contributed by atoms with van der Waals surface area (Å²) in [6.07, 6.45) is 13.0. The van der Waals surface area contributed by atoms with E-state index >= 15 is 0 Å². The van der Waals surface area contributed by atoms with Gasteiger partial charge < -0.3 is 10.2 Å². The lowest BCUT2D eigenvalue weighted by molar-refractivity contribution is 0.177. The van der Waals surface area contributed by atoms with Gasteiger partial charge in [-0.3, -0.25) is 0 Å². The number of nitrogens with zero attached hydrogens (tertiary/aromatic N) is 1. The first-order valence-corrected chi connectivity index (χ1v) is 6.98. The molecule has 2 saturated carbocycles. The minimum atomic E-state index is 0.0660. The van der Waals surface area contributed by atoms with E-state index in [0.29, 0.717) is 6.04 Å². The van der Waals surface area contributed by atoms with Gasteiger partial charge in [-0.05, 0) is 38.5 Å². The van der Waals surface area contributed by atoms with Crippen molar-refractivity contribution in [1.29, 1.82) is 0 Å². The molecule has 17 heavy (non-hydrogen) atoms. The van der Waals surface area contributed by atoms with Gasteiger partial charge in [-0.1, -0.05) is 24.8 Å². The van der Waals surface area contributed by atoms with Crippen molar-refractivity contribution in [3.63, 3.8) is 0 Å². The Morgan fingerprint density at radius 2 is 1.82 bits per heavy atom. The summed E-state index contributed by atoms with van der Waals surface area (Å²) in [5.74, 6) is 0. The summed E-state index contributed by atoms with van der Waals surface area (Å²) in [6.45, 7) is 0. The summed E-state index contributed by atoms with van der Waals surface area (Å²) in [5.41, 5.74) is 1.40. The second-order valence-corrected chi connectivity index (χ2v) is 5.36. The van der Waals surface area contributed by atoms with Crippen LogP contribution in [-0.4, -0.2) is 24.0 Å². The molecule has 0 spiro atoms. The smallest absolute Gasteiger partial charge is 0.321 e. The Morgan fingerprint density at radius 3 is 2.47 bits per heavy atom. The van der Waals surface area contributed by atoms with Gasteiger partial charge in [0.15, 0.2) is 0 Å². The monoisotopic (exact) mass is 236 g/mol. The van der Waals surface area contributed by atoms with Crippen molar-refractivity contribution in [2.24, 2.45) is 0 Å². The normalized spacial score (nSPS) is 21.4. The van der Waals surface area contributed by atoms with E-state index in [2.05, 4.69) is 5.32 Å². The minimum absolute atomic E-state index is 0.0660. The highest BCUT2D eigenvalue weighted by Crippen LogP contribution is 2.23. The Bertz CT molecular complexity index is 285. The number of nitrogens with one attached hydrogen (secondary N) is 1. The molecule has 0 radical (unpaired) electrons. The first-order valence-electron chi connectivity index (χ1n) is 6.98. The Labute approximate surface area is 104 Å². The van der Waals surface area contributed by atoms with Crippen molar-refractivity contribution in [2.75, 3.05) is 7.05 Å². The van der Waals surface area contributed by atoms with Gasteiger partial charge in [0, 0.05) is 19.3 Å². The van der Waals surface area contributed by atoms with Gasteiger partial charge >= 0.3 is 6.03 Å². The summed E-state index contributed by atoms with van der Waals surface area (Å²) in [4.78, 5) is 13.9. The average molecular weight is 236 g/mol. The molecule has 0 aromatic rings.